The van der Waals surface area contributed by atoms with Crippen LogP contribution in [0.2, 0.25) is 0 Å². The molecule has 1 heterocycles. The molecule has 0 atom stereocenters. The fourth-order valence-corrected chi connectivity index (χ4v) is 3.56. The standard InChI is InChI=1S/C19H17F5N2O5/c20-18(21)31-15-4-2-13(26(28)29)10-12(15)9-11-1-3-14(17(27)19(22,23)24)16(11)25-5-7-30-8-6-25/h2,4,9-10,18H,1,3,5-8H2/b11-9+. The number of halogens is 5. The van der Waals surface area contributed by atoms with Crippen molar-refractivity contribution in [1.29, 1.82) is 0 Å². The lowest BCUT2D eigenvalue weighted by molar-refractivity contribution is -0.384. The molecule has 0 bridgehead atoms. The van der Waals surface area contributed by atoms with Crippen molar-refractivity contribution >= 4 is 17.5 Å². The van der Waals surface area contributed by atoms with Gasteiger partial charge in [0.15, 0.2) is 0 Å². The van der Waals surface area contributed by atoms with Gasteiger partial charge in [0.25, 0.3) is 11.5 Å². The highest BCUT2D eigenvalue weighted by Crippen LogP contribution is 2.40. The van der Waals surface area contributed by atoms with E-state index in [0.29, 0.717) is 0 Å². The van der Waals surface area contributed by atoms with Gasteiger partial charge in [0, 0.05) is 42.1 Å². The number of carbonyl (C=O) groups excluding carboxylic acids is 1. The molecule has 0 radical (unpaired) electrons. The van der Waals surface area contributed by atoms with Gasteiger partial charge in [0.2, 0.25) is 0 Å². The molecule has 1 fully saturated rings. The van der Waals surface area contributed by atoms with E-state index in [9.17, 15) is 36.9 Å². The van der Waals surface area contributed by atoms with Gasteiger partial charge < -0.3 is 14.4 Å². The Morgan fingerprint density at radius 2 is 1.90 bits per heavy atom. The second kappa shape index (κ2) is 9.00. The molecule has 0 spiro atoms. The average molecular weight is 448 g/mol. The highest BCUT2D eigenvalue weighted by Gasteiger charge is 2.44. The normalized spacial score (nSPS) is 18.8. The van der Waals surface area contributed by atoms with E-state index in [1.54, 1.807) is 4.90 Å². The van der Waals surface area contributed by atoms with Crippen molar-refractivity contribution in [1.82, 2.24) is 4.90 Å². The van der Waals surface area contributed by atoms with Crippen molar-refractivity contribution in [2.75, 3.05) is 26.3 Å². The molecule has 1 aromatic rings. The van der Waals surface area contributed by atoms with Gasteiger partial charge in [-0.1, -0.05) is 0 Å². The van der Waals surface area contributed by atoms with Gasteiger partial charge in [-0.05, 0) is 30.6 Å². The quantitative estimate of drug-likeness (QED) is 0.371. The molecule has 0 saturated carbocycles. The highest BCUT2D eigenvalue weighted by atomic mass is 19.4. The zero-order valence-corrected chi connectivity index (χ0v) is 16.0. The SMILES string of the molecule is O=C(C1=C(N2CCOCC2)/C(=C/c2cc([N+](=O)[O-])ccc2OC(F)F)CC1)C(F)(F)F. The Hall–Kier alpha value is -3.02. The van der Waals surface area contributed by atoms with E-state index in [4.69, 9.17) is 4.74 Å². The molecule has 1 saturated heterocycles. The summed E-state index contributed by atoms with van der Waals surface area (Å²) in [6.07, 6.45) is -3.98. The smallest absolute Gasteiger partial charge is 0.434 e. The minimum absolute atomic E-state index is 0.0284. The lowest BCUT2D eigenvalue weighted by Crippen LogP contribution is -2.37. The summed E-state index contributed by atoms with van der Waals surface area (Å²) in [6, 6.07) is 2.96. The third-order valence-corrected chi connectivity index (χ3v) is 4.84. The van der Waals surface area contributed by atoms with E-state index in [-0.39, 0.29) is 61.7 Å². The Balaban J connectivity index is 2.11. The monoisotopic (exact) mass is 448 g/mol. The maximum atomic E-state index is 13.1. The maximum absolute atomic E-state index is 13.1. The van der Waals surface area contributed by atoms with Crippen LogP contribution in [0.1, 0.15) is 18.4 Å². The largest absolute Gasteiger partial charge is 0.454 e. The van der Waals surface area contributed by atoms with Crippen molar-refractivity contribution in [3.05, 3.63) is 50.7 Å². The zero-order chi connectivity index (χ0) is 22.8. The summed E-state index contributed by atoms with van der Waals surface area (Å²) in [5, 5.41) is 11.1. The van der Waals surface area contributed by atoms with Crippen molar-refractivity contribution in [3.63, 3.8) is 0 Å². The second-order valence-electron chi connectivity index (χ2n) is 6.78. The molecule has 0 unspecified atom stereocenters. The van der Waals surface area contributed by atoms with E-state index >= 15 is 0 Å². The van der Waals surface area contributed by atoms with Gasteiger partial charge in [0.05, 0.1) is 18.1 Å². The minimum atomic E-state index is -5.07. The van der Waals surface area contributed by atoms with Gasteiger partial charge >= 0.3 is 12.8 Å². The van der Waals surface area contributed by atoms with E-state index < -0.39 is 34.8 Å². The molecule has 0 aromatic heterocycles. The summed E-state index contributed by atoms with van der Waals surface area (Å²) in [5.74, 6) is -2.34. The molecule has 2 aliphatic rings. The molecular weight excluding hydrogens is 431 g/mol. The van der Waals surface area contributed by atoms with Crippen molar-refractivity contribution < 1.29 is 41.1 Å². The topological polar surface area (TPSA) is 81.9 Å². The van der Waals surface area contributed by atoms with Crippen LogP contribution in [0.4, 0.5) is 27.6 Å². The van der Waals surface area contributed by atoms with Gasteiger partial charge in [-0.2, -0.15) is 22.0 Å². The summed E-state index contributed by atoms with van der Waals surface area (Å²) in [7, 11) is 0. The maximum Gasteiger partial charge on any atom is 0.454 e. The number of nitro groups is 1. The van der Waals surface area contributed by atoms with Crippen LogP contribution in [-0.2, 0) is 9.53 Å². The van der Waals surface area contributed by atoms with Crippen LogP contribution < -0.4 is 4.74 Å². The number of alkyl halides is 5. The first-order chi connectivity index (χ1) is 14.6. The molecule has 0 amide bonds. The number of nitrogens with zero attached hydrogens (tertiary/aromatic N) is 2. The summed E-state index contributed by atoms with van der Waals surface area (Å²) < 4.78 is 74.5. The first-order valence-electron chi connectivity index (χ1n) is 9.19. The van der Waals surface area contributed by atoms with Crippen LogP contribution in [0.3, 0.4) is 0 Å². The lowest BCUT2D eigenvalue weighted by atomic mass is 10.0. The fraction of sp³-hybridized carbons (Fsp3) is 0.421. The molecule has 31 heavy (non-hydrogen) atoms. The van der Waals surface area contributed by atoms with Crippen molar-refractivity contribution in [2.45, 2.75) is 25.6 Å². The number of ketones is 1. The number of morpholine rings is 1. The first-order valence-corrected chi connectivity index (χ1v) is 9.19. The van der Waals surface area contributed by atoms with Crippen LogP contribution in [0.5, 0.6) is 5.75 Å². The molecule has 0 N–H and O–H groups in total. The average Bonchev–Trinajstić information content (AvgIpc) is 3.11. The molecule has 1 aromatic carbocycles. The number of non-ortho nitro benzene ring substituents is 1. The molecule has 168 valence electrons. The number of Topliss-reactive ketones (excluding diaryl/α,β-unsaturated/α-hetero) is 1. The fourth-order valence-electron chi connectivity index (χ4n) is 3.56. The number of hydrogen-bond acceptors (Lipinski definition) is 6. The Morgan fingerprint density at radius 1 is 1.23 bits per heavy atom. The number of nitro benzene ring substituents is 1. The van der Waals surface area contributed by atoms with Gasteiger partial charge in [-0.25, -0.2) is 0 Å². The van der Waals surface area contributed by atoms with Crippen LogP contribution in [-0.4, -0.2) is 54.7 Å². The van der Waals surface area contributed by atoms with Crippen molar-refractivity contribution in [3.8, 4) is 5.75 Å². The molecule has 1 aliphatic carbocycles. The third-order valence-electron chi connectivity index (χ3n) is 4.84. The Bertz CT molecular complexity index is 936. The number of benzene rings is 1. The van der Waals surface area contributed by atoms with Crippen LogP contribution in [0.25, 0.3) is 6.08 Å². The third kappa shape index (κ3) is 5.19. The zero-order valence-electron chi connectivity index (χ0n) is 16.0. The van der Waals surface area contributed by atoms with Crippen LogP contribution in [0, 0.1) is 10.1 Å². The number of rotatable bonds is 6. The molecule has 7 nitrogen and oxygen atoms in total. The lowest BCUT2D eigenvalue weighted by Gasteiger charge is -2.31. The van der Waals surface area contributed by atoms with E-state index in [1.807, 2.05) is 0 Å². The summed E-state index contributed by atoms with van der Waals surface area (Å²) in [6.45, 7) is -2.27. The number of carbonyl (C=O) groups is 1. The Kier molecular flexibility index (Phi) is 6.58. The second-order valence-corrected chi connectivity index (χ2v) is 6.78. The molecule has 1 aliphatic heterocycles. The number of allylic oxidation sites excluding steroid dienone is 2. The van der Waals surface area contributed by atoms with Gasteiger partial charge in [-0.15, -0.1) is 0 Å². The Morgan fingerprint density at radius 3 is 2.48 bits per heavy atom. The van der Waals surface area contributed by atoms with Crippen molar-refractivity contribution in [2.24, 2.45) is 0 Å². The predicted octanol–water partition coefficient (Wildman–Crippen LogP) is 4.09. The number of hydrogen-bond donors (Lipinski definition) is 0. The van der Waals surface area contributed by atoms with Gasteiger partial charge in [-0.3, -0.25) is 14.9 Å². The van der Waals surface area contributed by atoms with E-state index in [0.717, 1.165) is 18.2 Å². The summed E-state index contributed by atoms with van der Waals surface area (Å²) in [4.78, 5) is 23.9. The molecular formula is C19H17F5N2O5. The Labute approximate surface area is 172 Å². The van der Waals surface area contributed by atoms with Crippen LogP contribution in [0.15, 0.2) is 35.0 Å². The molecule has 3 rings (SSSR count). The highest BCUT2D eigenvalue weighted by molar-refractivity contribution is 6.02. The van der Waals surface area contributed by atoms with E-state index in [1.165, 1.54) is 6.08 Å². The summed E-state index contributed by atoms with van der Waals surface area (Å²) in [5.41, 5.74) is -0.609. The summed E-state index contributed by atoms with van der Waals surface area (Å²) >= 11 is 0. The van der Waals surface area contributed by atoms with E-state index in [2.05, 4.69) is 4.74 Å². The first kappa shape index (κ1) is 22.7. The van der Waals surface area contributed by atoms with Crippen LogP contribution >= 0.6 is 0 Å². The molecule has 12 heteroatoms. The predicted molar refractivity (Wildman–Crippen MR) is 97.4 cm³/mol. The van der Waals surface area contributed by atoms with Gasteiger partial charge in [0.1, 0.15) is 5.75 Å². The minimum Gasteiger partial charge on any atom is -0.434 e. The number of ether oxygens (including phenoxy) is 2.